The van der Waals surface area contributed by atoms with Crippen molar-refractivity contribution in [1.29, 1.82) is 0 Å². The Bertz CT molecular complexity index is 1730. The average molecular weight is 1070 g/mol. The Hall–Kier alpha value is -2.45. The van der Waals surface area contributed by atoms with Crippen molar-refractivity contribution in [3.8, 4) is 0 Å². The van der Waals surface area contributed by atoms with Crippen molar-refractivity contribution in [2.24, 2.45) is 11.8 Å². The van der Waals surface area contributed by atoms with Crippen LogP contribution in [0.15, 0.2) is 48.6 Å². The number of aliphatic hydroxyl groups is 6. The van der Waals surface area contributed by atoms with E-state index in [0.29, 0.717) is 12.8 Å². The lowest BCUT2D eigenvalue weighted by Crippen LogP contribution is -2.56. The third-order valence-corrected chi connectivity index (χ3v) is 14.2. The fourth-order valence-electron chi connectivity index (χ4n) is 8.52. The maximum absolute atomic E-state index is 13.7. The number of hydrogen-bond acceptors (Lipinski definition) is 16. The minimum Gasteiger partial charge on any atom is -0.462 e. The number of fused-ring (bicyclic) bond motifs is 4. The number of cyclic esters (lactones) is 1. The third-order valence-electron chi connectivity index (χ3n) is 12.7. The van der Waals surface area contributed by atoms with E-state index in [1.54, 1.807) is 6.08 Å². The molecular formula is C51H88O19P2. The van der Waals surface area contributed by atoms with E-state index in [4.69, 9.17) is 23.0 Å². The van der Waals surface area contributed by atoms with Crippen LogP contribution in [0.4, 0.5) is 0 Å². The summed E-state index contributed by atoms with van der Waals surface area (Å²) in [5.41, 5.74) is 0. The van der Waals surface area contributed by atoms with Gasteiger partial charge < -0.3 is 54.8 Å². The first-order chi connectivity index (χ1) is 34.3. The molecule has 72 heavy (non-hydrogen) atoms. The minimum atomic E-state index is -5.79. The Balaban J connectivity index is 2.17. The molecule has 0 spiro atoms. The quantitative estimate of drug-likeness (QED) is 0.0159. The number of esters is 2. The van der Waals surface area contributed by atoms with Gasteiger partial charge in [-0.1, -0.05) is 140 Å². The number of Topliss-reactive ketones (excluding diaryl/α,β-unsaturated/α-hetero) is 1. The van der Waals surface area contributed by atoms with Crippen LogP contribution < -0.4 is 0 Å². The molecule has 21 heteroatoms. The Morgan fingerprint density at radius 3 is 2.07 bits per heavy atom. The minimum absolute atomic E-state index is 0.0454. The van der Waals surface area contributed by atoms with E-state index < -0.39 is 120 Å². The van der Waals surface area contributed by atoms with E-state index in [-0.39, 0.29) is 38.5 Å². The molecule has 0 radical (unpaired) electrons. The predicted octanol–water partition coefficient (Wildman–Crippen LogP) is 7.43. The highest BCUT2D eigenvalue weighted by atomic mass is 31.2. The van der Waals surface area contributed by atoms with Gasteiger partial charge in [-0.25, -0.2) is 9.13 Å². The van der Waals surface area contributed by atoms with Crippen molar-refractivity contribution in [3.63, 3.8) is 0 Å². The Kier molecular flexibility index (Phi) is 34.0. The normalized spacial score (nSPS) is 29.8. The van der Waals surface area contributed by atoms with Crippen molar-refractivity contribution in [2.45, 2.75) is 229 Å². The van der Waals surface area contributed by atoms with Gasteiger partial charge in [0.15, 0.2) is 6.10 Å². The Morgan fingerprint density at radius 2 is 1.43 bits per heavy atom. The first-order valence-corrected chi connectivity index (χ1v) is 29.3. The monoisotopic (exact) mass is 1070 g/mol. The summed E-state index contributed by atoms with van der Waals surface area (Å²) in [5.74, 6) is -5.66. The summed E-state index contributed by atoms with van der Waals surface area (Å²) in [4.78, 5) is 70.5. The molecule has 12 atom stereocenters. The Morgan fingerprint density at radius 1 is 0.819 bits per heavy atom. The highest BCUT2D eigenvalue weighted by Gasteiger charge is 2.51. The number of rotatable bonds is 28. The standard InChI is InChI=1S/C51H88O19P2/c1-3-5-7-8-9-10-11-12-13-14-15-16-17-18-19-20-21-22-27-31-44(55)66-36-39-37-67-72(64,65)70-51-49(60)48(59)46(57)40(30-26-23-24-28-32-45(56)68-39)42(53)35-43(54)41(34-33-38(52)29-25-6-4-2)47(58)50(51)69-71(61,62)63/h9-10,12-13,23,26,33-34,38-41,43,46-52,54,57-60H,3-8,11,14-22,24-25,27-32,35-37H2,1-2H3,(H,64,65)(H2,61,62,63)/b10-9-,13-12-,26-23-,34-33+/t38-,39+,40-,41-,43+,46+,47+,48-,49+,50+,51-/m0/s1. The summed E-state index contributed by atoms with van der Waals surface area (Å²) < 4.78 is 52.2. The van der Waals surface area contributed by atoms with Gasteiger partial charge in [0, 0.05) is 31.1 Å². The van der Waals surface area contributed by atoms with Crippen LogP contribution in [0.25, 0.3) is 0 Å². The van der Waals surface area contributed by atoms with Crippen molar-refractivity contribution >= 4 is 33.4 Å². The molecule has 1 unspecified atom stereocenters. The number of aliphatic hydroxyl groups excluding tert-OH is 6. The van der Waals surface area contributed by atoms with Crippen LogP contribution in [0.2, 0.25) is 0 Å². The molecule has 1 aliphatic heterocycles. The summed E-state index contributed by atoms with van der Waals surface area (Å²) in [6.07, 6.45) is 12.1. The molecule has 2 rings (SSSR count). The number of ketones is 1. The van der Waals surface area contributed by atoms with Crippen molar-refractivity contribution < 1.29 is 91.9 Å². The molecule has 1 aliphatic carbocycles. The van der Waals surface area contributed by atoms with E-state index in [1.807, 2.05) is 6.92 Å². The van der Waals surface area contributed by atoms with Crippen LogP contribution in [0, 0.1) is 11.8 Å². The van der Waals surface area contributed by atoms with Gasteiger partial charge in [0.2, 0.25) is 0 Å². The van der Waals surface area contributed by atoms with Gasteiger partial charge in [-0.3, -0.25) is 28.0 Å². The second-order valence-corrected chi connectivity index (χ2v) is 21.6. The van der Waals surface area contributed by atoms with Gasteiger partial charge in [-0.15, -0.1) is 0 Å². The maximum atomic E-state index is 13.7. The van der Waals surface area contributed by atoms with Crippen molar-refractivity contribution in [3.05, 3.63) is 48.6 Å². The largest absolute Gasteiger partial charge is 0.472 e. The number of unbranched alkanes of at least 4 members (excludes halogenated alkanes) is 14. The zero-order valence-corrected chi connectivity index (χ0v) is 44.4. The first-order valence-electron chi connectivity index (χ1n) is 26.3. The molecule has 416 valence electrons. The number of carbonyl (C=O) groups excluding carboxylic acids is 3. The molecule has 9 N–H and O–H groups in total. The van der Waals surface area contributed by atoms with Crippen molar-refractivity contribution in [2.75, 3.05) is 13.2 Å². The molecule has 1 heterocycles. The van der Waals surface area contributed by atoms with Gasteiger partial charge in [-0.05, 0) is 64.2 Å². The van der Waals surface area contributed by atoms with Crippen LogP contribution in [0.3, 0.4) is 0 Å². The summed E-state index contributed by atoms with van der Waals surface area (Å²) in [6.45, 7) is 2.54. The van der Waals surface area contributed by atoms with Crippen LogP contribution >= 0.6 is 15.6 Å². The molecule has 0 aromatic carbocycles. The van der Waals surface area contributed by atoms with E-state index >= 15 is 0 Å². The zero-order valence-electron chi connectivity index (χ0n) is 42.6. The second kappa shape index (κ2) is 37.3. The molecular weight excluding hydrogens is 978 g/mol. The highest BCUT2D eigenvalue weighted by Crippen LogP contribution is 2.49. The predicted molar refractivity (Wildman–Crippen MR) is 270 cm³/mol. The average Bonchev–Trinajstić information content (AvgIpc) is 3.32. The highest BCUT2D eigenvalue weighted by molar-refractivity contribution is 7.47. The Labute approximate surface area is 427 Å². The van der Waals surface area contributed by atoms with Crippen LogP contribution in [0.5, 0.6) is 0 Å². The van der Waals surface area contributed by atoms with Crippen molar-refractivity contribution in [1.82, 2.24) is 0 Å². The van der Waals surface area contributed by atoms with Crippen LogP contribution in [-0.4, -0.2) is 131 Å². The third kappa shape index (κ3) is 28.4. The number of phosphoric acid groups is 2. The summed E-state index contributed by atoms with van der Waals surface area (Å²) in [7, 11) is -11.5. The van der Waals surface area contributed by atoms with E-state index in [2.05, 4.69) is 31.2 Å². The lowest BCUT2D eigenvalue weighted by atomic mass is 9.84. The zero-order chi connectivity index (χ0) is 53.4. The fraction of sp³-hybridized carbons (Fsp3) is 0.784. The molecule has 1 fully saturated rings. The van der Waals surface area contributed by atoms with Gasteiger partial charge in [-0.2, -0.15) is 0 Å². The maximum Gasteiger partial charge on any atom is 0.472 e. The number of ether oxygens (including phenoxy) is 2. The first kappa shape index (κ1) is 65.7. The molecule has 0 aromatic heterocycles. The number of hydrogen-bond donors (Lipinski definition) is 9. The fourth-order valence-corrected chi connectivity index (χ4v) is 10.0. The number of phosphoric ester groups is 2. The summed E-state index contributed by atoms with van der Waals surface area (Å²) in [6, 6.07) is 0. The molecule has 2 bridgehead atoms. The summed E-state index contributed by atoms with van der Waals surface area (Å²) >= 11 is 0. The van der Waals surface area contributed by atoms with Gasteiger partial charge in [0.1, 0.15) is 36.8 Å². The lowest BCUT2D eigenvalue weighted by molar-refractivity contribution is -0.165. The molecule has 19 nitrogen and oxygen atoms in total. The summed E-state index contributed by atoms with van der Waals surface area (Å²) in [5, 5.41) is 68.1. The van der Waals surface area contributed by atoms with E-state index in [0.717, 1.165) is 76.4 Å². The molecule has 0 aromatic rings. The molecule has 1 saturated carbocycles. The van der Waals surface area contributed by atoms with Gasteiger partial charge in [0.25, 0.3) is 0 Å². The second-order valence-electron chi connectivity index (χ2n) is 19.0. The van der Waals surface area contributed by atoms with Gasteiger partial charge >= 0.3 is 27.6 Å². The number of carbonyl (C=O) groups is 3. The smallest absolute Gasteiger partial charge is 0.462 e. The lowest BCUT2D eigenvalue weighted by Gasteiger charge is -2.38. The van der Waals surface area contributed by atoms with Crippen LogP contribution in [-0.2, 0) is 46.6 Å². The topological polar surface area (TPSA) is 314 Å². The number of allylic oxidation sites excluding steroid dienone is 6. The van der Waals surface area contributed by atoms with Crippen LogP contribution in [0.1, 0.15) is 174 Å². The molecule has 0 amide bonds. The van der Waals surface area contributed by atoms with E-state index in [9.17, 15) is 68.8 Å². The SMILES string of the molecule is CCCCC/C=C\C/C=C\CCCCCCCCCCCC(=O)OC[C@@H]1COP(=O)(O)O[C@H]2[C@H](O)[C@@H](O)[C@H](O)[C@@H](C/C=C\CCCC(=O)O1)C(=O)C[C@@H](O)[C@H](/C=C/[C@@H](O)CCCCC)[C@@H](O)[C@H]2OP(=O)(O)O. The molecule has 2 aliphatic rings. The van der Waals surface area contributed by atoms with E-state index in [1.165, 1.54) is 44.6 Å². The van der Waals surface area contributed by atoms with Gasteiger partial charge in [0.05, 0.1) is 31.0 Å². The molecule has 0 saturated heterocycles.